The number of carboxylic acids is 1. The van der Waals surface area contributed by atoms with Crippen molar-refractivity contribution in [2.75, 3.05) is 44.2 Å². The van der Waals surface area contributed by atoms with Gasteiger partial charge in [0, 0.05) is 56.8 Å². The predicted octanol–water partition coefficient (Wildman–Crippen LogP) is 0.851. The molecule has 3 heterocycles. The van der Waals surface area contributed by atoms with Crippen LogP contribution in [0.15, 0.2) is 24.5 Å². The zero-order valence-electron chi connectivity index (χ0n) is 15.2. The molecule has 26 heavy (non-hydrogen) atoms. The summed E-state index contributed by atoms with van der Waals surface area (Å²) in [7, 11) is 0. The van der Waals surface area contributed by atoms with E-state index in [4.69, 9.17) is 0 Å². The van der Waals surface area contributed by atoms with Crippen molar-refractivity contribution in [2.24, 2.45) is 0 Å². The van der Waals surface area contributed by atoms with Crippen LogP contribution in [0, 0.1) is 0 Å². The first-order chi connectivity index (χ1) is 12.5. The average molecular weight is 361 g/mol. The molecule has 8 heteroatoms. The van der Waals surface area contributed by atoms with Crippen LogP contribution in [-0.4, -0.2) is 83.2 Å². The maximum absolute atomic E-state index is 12.6. The minimum atomic E-state index is -0.816. The van der Waals surface area contributed by atoms with Gasteiger partial charge in [0.25, 0.3) is 0 Å². The van der Waals surface area contributed by atoms with Crippen LogP contribution in [-0.2, 0) is 4.79 Å². The number of piperidine rings is 1. The summed E-state index contributed by atoms with van der Waals surface area (Å²) in [5.41, 5.74) is 1.13. The smallest absolute Gasteiger partial charge is 0.320 e. The molecular formula is C18H27N5O3. The molecule has 1 aromatic rings. The molecule has 142 valence electrons. The SMILES string of the molecule is CC(C(=O)O)N1CCCC(NC(=O)N2CCN(c3ccncc3)CC2)C1. The maximum Gasteiger partial charge on any atom is 0.320 e. The highest BCUT2D eigenvalue weighted by molar-refractivity contribution is 5.75. The Labute approximate surface area is 153 Å². The van der Waals surface area contributed by atoms with Crippen molar-refractivity contribution in [1.82, 2.24) is 20.1 Å². The highest BCUT2D eigenvalue weighted by Gasteiger charge is 2.29. The number of aliphatic carboxylic acids is 1. The number of amides is 2. The summed E-state index contributed by atoms with van der Waals surface area (Å²) in [5.74, 6) is -0.816. The van der Waals surface area contributed by atoms with Gasteiger partial charge in [-0.2, -0.15) is 0 Å². The number of hydrogen-bond donors (Lipinski definition) is 2. The normalized spacial score (nSPS) is 22.7. The molecule has 0 aliphatic carbocycles. The number of nitrogens with one attached hydrogen (secondary N) is 1. The predicted molar refractivity (Wildman–Crippen MR) is 98.2 cm³/mol. The van der Waals surface area contributed by atoms with E-state index in [0.29, 0.717) is 19.6 Å². The number of hydrogen-bond acceptors (Lipinski definition) is 5. The molecule has 2 N–H and O–H groups in total. The first-order valence-corrected chi connectivity index (χ1v) is 9.22. The van der Waals surface area contributed by atoms with E-state index in [0.717, 1.165) is 38.2 Å². The molecule has 2 aliphatic rings. The molecule has 0 spiro atoms. The second kappa shape index (κ2) is 8.35. The van der Waals surface area contributed by atoms with Crippen LogP contribution in [0.1, 0.15) is 19.8 Å². The van der Waals surface area contributed by atoms with Crippen molar-refractivity contribution in [2.45, 2.75) is 31.8 Å². The van der Waals surface area contributed by atoms with Gasteiger partial charge in [0.15, 0.2) is 0 Å². The number of rotatable bonds is 4. The van der Waals surface area contributed by atoms with Crippen molar-refractivity contribution in [3.63, 3.8) is 0 Å². The number of carboxylic acid groups (broad SMARTS) is 1. The Morgan fingerprint density at radius 2 is 1.88 bits per heavy atom. The molecule has 2 atom stereocenters. The Balaban J connectivity index is 1.47. The van der Waals surface area contributed by atoms with E-state index in [1.54, 1.807) is 19.3 Å². The molecule has 1 aromatic heterocycles. The van der Waals surface area contributed by atoms with E-state index >= 15 is 0 Å². The van der Waals surface area contributed by atoms with Crippen molar-refractivity contribution < 1.29 is 14.7 Å². The monoisotopic (exact) mass is 361 g/mol. The number of pyridine rings is 1. The lowest BCUT2D eigenvalue weighted by atomic mass is 10.0. The van der Waals surface area contributed by atoms with Crippen LogP contribution < -0.4 is 10.2 Å². The lowest BCUT2D eigenvalue weighted by Crippen LogP contribution is -2.57. The third-order valence-corrected chi connectivity index (χ3v) is 5.28. The largest absolute Gasteiger partial charge is 0.480 e. The standard InChI is InChI=1S/C18H27N5O3/c1-14(17(24)25)23-8-2-3-15(13-23)20-18(26)22-11-9-21(10-12-22)16-4-6-19-7-5-16/h4-7,14-15H,2-3,8-13H2,1H3,(H,20,26)(H,24,25). The third kappa shape index (κ3) is 4.43. The van der Waals surface area contributed by atoms with Gasteiger partial charge in [-0.05, 0) is 38.4 Å². The Hall–Kier alpha value is -2.35. The number of likely N-dealkylation sites (tertiary alicyclic amines) is 1. The summed E-state index contributed by atoms with van der Waals surface area (Å²) < 4.78 is 0. The molecule has 2 unspecified atom stereocenters. The summed E-state index contributed by atoms with van der Waals surface area (Å²) >= 11 is 0. The van der Waals surface area contributed by atoms with Crippen molar-refractivity contribution in [3.05, 3.63) is 24.5 Å². The molecule has 0 radical (unpaired) electrons. The van der Waals surface area contributed by atoms with Crippen LogP contribution in [0.3, 0.4) is 0 Å². The maximum atomic E-state index is 12.6. The topological polar surface area (TPSA) is 89.0 Å². The average Bonchev–Trinajstić information content (AvgIpc) is 2.68. The minimum Gasteiger partial charge on any atom is -0.480 e. The summed E-state index contributed by atoms with van der Waals surface area (Å²) in [4.78, 5) is 33.8. The van der Waals surface area contributed by atoms with Gasteiger partial charge in [-0.3, -0.25) is 14.7 Å². The van der Waals surface area contributed by atoms with Crippen LogP contribution in [0.4, 0.5) is 10.5 Å². The van der Waals surface area contributed by atoms with Crippen LogP contribution in [0.5, 0.6) is 0 Å². The Morgan fingerprint density at radius 3 is 2.54 bits per heavy atom. The first-order valence-electron chi connectivity index (χ1n) is 9.22. The summed E-state index contributed by atoms with van der Waals surface area (Å²) in [6.07, 6.45) is 5.35. The molecule has 0 aromatic carbocycles. The second-order valence-corrected chi connectivity index (χ2v) is 6.98. The van der Waals surface area contributed by atoms with Crippen LogP contribution >= 0.6 is 0 Å². The minimum absolute atomic E-state index is 0.0104. The number of carbonyl (C=O) groups is 2. The van der Waals surface area contributed by atoms with Crippen molar-refractivity contribution >= 4 is 17.7 Å². The molecule has 8 nitrogen and oxygen atoms in total. The van der Waals surface area contributed by atoms with Gasteiger partial charge < -0.3 is 20.2 Å². The first kappa shape index (κ1) is 18.4. The second-order valence-electron chi connectivity index (χ2n) is 6.98. The van der Waals surface area contributed by atoms with Crippen molar-refractivity contribution in [3.8, 4) is 0 Å². The van der Waals surface area contributed by atoms with Gasteiger partial charge in [0.05, 0.1) is 0 Å². The molecule has 0 saturated carbocycles. The fourth-order valence-electron chi connectivity index (χ4n) is 3.62. The molecule has 2 amide bonds. The van der Waals surface area contributed by atoms with E-state index in [2.05, 4.69) is 15.2 Å². The van der Waals surface area contributed by atoms with Gasteiger partial charge in [-0.25, -0.2) is 4.79 Å². The van der Waals surface area contributed by atoms with E-state index in [1.807, 2.05) is 21.9 Å². The molecule has 3 rings (SSSR count). The number of urea groups is 1. The summed E-state index contributed by atoms with van der Waals surface area (Å²) in [6.45, 7) is 6.01. The third-order valence-electron chi connectivity index (χ3n) is 5.28. The van der Waals surface area contributed by atoms with Crippen LogP contribution in [0.25, 0.3) is 0 Å². The number of piperazine rings is 1. The summed E-state index contributed by atoms with van der Waals surface area (Å²) in [5, 5.41) is 12.3. The highest BCUT2D eigenvalue weighted by atomic mass is 16.4. The number of anilines is 1. The van der Waals surface area contributed by atoms with E-state index in [9.17, 15) is 14.7 Å². The zero-order chi connectivity index (χ0) is 18.5. The van der Waals surface area contributed by atoms with Gasteiger partial charge >= 0.3 is 12.0 Å². The fourth-order valence-corrected chi connectivity index (χ4v) is 3.62. The molecule has 0 bridgehead atoms. The lowest BCUT2D eigenvalue weighted by Gasteiger charge is -2.39. The van der Waals surface area contributed by atoms with Crippen LogP contribution in [0.2, 0.25) is 0 Å². The number of carbonyl (C=O) groups excluding carboxylic acids is 1. The number of nitrogens with zero attached hydrogens (tertiary/aromatic N) is 4. The van der Waals surface area contributed by atoms with E-state index < -0.39 is 12.0 Å². The quantitative estimate of drug-likeness (QED) is 0.827. The molecule has 2 fully saturated rings. The van der Waals surface area contributed by atoms with E-state index in [-0.39, 0.29) is 12.1 Å². The summed E-state index contributed by atoms with van der Waals surface area (Å²) in [6, 6.07) is 3.41. The van der Waals surface area contributed by atoms with E-state index in [1.165, 1.54) is 0 Å². The molecule has 2 aliphatic heterocycles. The fraction of sp³-hybridized carbons (Fsp3) is 0.611. The van der Waals surface area contributed by atoms with Gasteiger partial charge in [-0.1, -0.05) is 0 Å². The zero-order valence-corrected chi connectivity index (χ0v) is 15.2. The van der Waals surface area contributed by atoms with Gasteiger partial charge in [0.2, 0.25) is 0 Å². The van der Waals surface area contributed by atoms with Crippen molar-refractivity contribution in [1.29, 1.82) is 0 Å². The number of aromatic nitrogens is 1. The van der Waals surface area contributed by atoms with Gasteiger partial charge in [0.1, 0.15) is 6.04 Å². The molecule has 2 saturated heterocycles. The Bertz CT molecular complexity index is 619. The highest BCUT2D eigenvalue weighted by Crippen LogP contribution is 2.16. The Kier molecular flexibility index (Phi) is 5.92. The van der Waals surface area contributed by atoms with Gasteiger partial charge in [-0.15, -0.1) is 0 Å². The Morgan fingerprint density at radius 1 is 1.19 bits per heavy atom. The molecular weight excluding hydrogens is 334 g/mol. The lowest BCUT2D eigenvalue weighted by molar-refractivity contribution is -0.143.